The average molecular weight is 361 g/mol. The van der Waals surface area contributed by atoms with Crippen molar-refractivity contribution in [2.75, 3.05) is 13.1 Å². The number of hydrogen-bond donors (Lipinski definition) is 2. The fourth-order valence-corrected chi connectivity index (χ4v) is 3.00. The molecule has 1 heterocycles. The molecule has 2 aromatic carbocycles. The quantitative estimate of drug-likeness (QED) is 0.861. The van der Waals surface area contributed by atoms with E-state index in [0.717, 1.165) is 13.0 Å². The van der Waals surface area contributed by atoms with Gasteiger partial charge in [-0.15, -0.1) is 12.4 Å². The Labute approximate surface area is 155 Å². The number of carbonyl (C=O) groups excluding carboxylic acids is 1. The lowest BCUT2D eigenvalue weighted by atomic mass is 9.94. The van der Waals surface area contributed by atoms with E-state index in [0.29, 0.717) is 12.3 Å². The molecule has 1 aliphatic heterocycles. The molecule has 0 bridgehead atoms. The van der Waals surface area contributed by atoms with Crippen molar-refractivity contribution in [1.82, 2.24) is 10.6 Å². The van der Waals surface area contributed by atoms with Gasteiger partial charge in [0.1, 0.15) is 5.75 Å². The van der Waals surface area contributed by atoms with Crippen molar-refractivity contribution in [3.63, 3.8) is 0 Å². The molecule has 0 saturated heterocycles. The highest BCUT2D eigenvalue weighted by Gasteiger charge is 2.21. The number of fused-ring (bicyclic) bond motifs is 1. The topological polar surface area (TPSA) is 50.4 Å². The number of rotatable bonds is 5. The molecule has 2 atom stereocenters. The fourth-order valence-electron chi connectivity index (χ4n) is 3.00. The van der Waals surface area contributed by atoms with Gasteiger partial charge in [-0.2, -0.15) is 0 Å². The second kappa shape index (κ2) is 8.88. The zero-order chi connectivity index (χ0) is 16.9. The number of carbonyl (C=O) groups is 1. The molecule has 3 rings (SSSR count). The van der Waals surface area contributed by atoms with Gasteiger partial charge in [0.2, 0.25) is 0 Å². The van der Waals surface area contributed by atoms with Gasteiger partial charge in [-0.25, -0.2) is 0 Å². The van der Waals surface area contributed by atoms with Crippen LogP contribution in [-0.4, -0.2) is 25.1 Å². The molecule has 2 unspecified atom stereocenters. The van der Waals surface area contributed by atoms with Crippen LogP contribution in [0.25, 0.3) is 0 Å². The maximum absolute atomic E-state index is 12.3. The van der Waals surface area contributed by atoms with Gasteiger partial charge in [0.05, 0.1) is 0 Å². The first kappa shape index (κ1) is 19.3. The van der Waals surface area contributed by atoms with Gasteiger partial charge in [-0.3, -0.25) is 4.79 Å². The highest BCUT2D eigenvalue weighted by molar-refractivity contribution is 5.85. The Balaban J connectivity index is 0.00000225. The Hall–Kier alpha value is -2.04. The largest absolute Gasteiger partial charge is 0.481 e. The zero-order valence-corrected chi connectivity index (χ0v) is 15.4. The van der Waals surface area contributed by atoms with Crippen LogP contribution in [0.15, 0.2) is 48.5 Å². The lowest BCUT2D eigenvalue weighted by Gasteiger charge is -2.27. The maximum Gasteiger partial charge on any atom is 0.260 e. The number of hydrogen-bond acceptors (Lipinski definition) is 3. The molecule has 0 spiro atoms. The van der Waals surface area contributed by atoms with Gasteiger partial charge in [0.15, 0.2) is 6.10 Å². The third-order valence-electron chi connectivity index (χ3n) is 4.40. The van der Waals surface area contributed by atoms with Crippen LogP contribution in [0.4, 0.5) is 0 Å². The van der Waals surface area contributed by atoms with Crippen LogP contribution in [0, 0.1) is 6.92 Å². The number of aryl methyl sites for hydroxylation is 1. The minimum Gasteiger partial charge on any atom is -0.481 e. The molecule has 2 N–H and O–H groups in total. The standard InChI is InChI=1S/C20H24N2O2.ClH/c1-14-7-9-17(10-8-14)24-15(2)20(23)22-13-19-18-6-4-3-5-16(18)11-12-21-19;/h3-10,15,19,21H,11-13H2,1-2H3,(H,22,23);1H. The van der Waals surface area contributed by atoms with Crippen LogP contribution in [0.3, 0.4) is 0 Å². The molecule has 134 valence electrons. The predicted octanol–water partition coefficient (Wildman–Crippen LogP) is 3.19. The number of amides is 1. The van der Waals surface area contributed by atoms with Crippen LogP contribution < -0.4 is 15.4 Å². The average Bonchev–Trinajstić information content (AvgIpc) is 2.61. The summed E-state index contributed by atoms with van der Waals surface area (Å²) in [4.78, 5) is 12.3. The Morgan fingerprint density at radius 2 is 1.96 bits per heavy atom. The second-order valence-corrected chi connectivity index (χ2v) is 6.27. The first-order chi connectivity index (χ1) is 11.6. The van der Waals surface area contributed by atoms with Gasteiger partial charge >= 0.3 is 0 Å². The minimum absolute atomic E-state index is 0. The van der Waals surface area contributed by atoms with Crippen molar-refractivity contribution in [3.8, 4) is 5.75 Å². The molecule has 0 fully saturated rings. The van der Waals surface area contributed by atoms with E-state index in [9.17, 15) is 4.79 Å². The van der Waals surface area contributed by atoms with E-state index < -0.39 is 6.10 Å². The molecule has 4 nitrogen and oxygen atoms in total. The Kier molecular flexibility index (Phi) is 6.85. The third kappa shape index (κ3) is 4.97. The van der Waals surface area contributed by atoms with E-state index in [2.05, 4.69) is 28.8 Å². The minimum atomic E-state index is -0.522. The summed E-state index contributed by atoms with van der Waals surface area (Å²) in [5.74, 6) is 0.616. The summed E-state index contributed by atoms with van der Waals surface area (Å²) in [6.45, 7) is 5.30. The Bertz CT molecular complexity index is 703. The van der Waals surface area contributed by atoms with Crippen molar-refractivity contribution in [1.29, 1.82) is 0 Å². The van der Waals surface area contributed by atoms with Crippen molar-refractivity contribution in [3.05, 3.63) is 65.2 Å². The van der Waals surface area contributed by atoms with Gasteiger partial charge in [-0.05, 0) is 50.1 Å². The van der Waals surface area contributed by atoms with Crippen LogP contribution in [0.2, 0.25) is 0 Å². The van der Waals surface area contributed by atoms with Gasteiger partial charge in [0, 0.05) is 12.6 Å². The van der Waals surface area contributed by atoms with E-state index in [4.69, 9.17) is 4.74 Å². The fraction of sp³-hybridized carbons (Fsp3) is 0.350. The highest BCUT2D eigenvalue weighted by Crippen LogP contribution is 2.22. The van der Waals surface area contributed by atoms with Crippen LogP contribution >= 0.6 is 12.4 Å². The van der Waals surface area contributed by atoms with E-state index in [1.165, 1.54) is 16.7 Å². The molecule has 0 saturated carbocycles. The summed E-state index contributed by atoms with van der Waals surface area (Å²) in [7, 11) is 0. The van der Waals surface area contributed by atoms with E-state index in [1.807, 2.05) is 37.3 Å². The third-order valence-corrected chi connectivity index (χ3v) is 4.40. The van der Waals surface area contributed by atoms with Gasteiger partial charge in [-0.1, -0.05) is 42.0 Å². The number of halogens is 1. The number of nitrogens with one attached hydrogen (secondary N) is 2. The first-order valence-corrected chi connectivity index (χ1v) is 8.45. The van der Waals surface area contributed by atoms with Crippen molar-refractivity contribution < 1.29 is 9.53 Å². The lowest BCUT2D eigenvalue weighted by molar-refractivity contribution is -0.127. The van der Waals surface area contributed by atoms with Gasteiger partial charge < -0.3 is 15.4 Å². The summed E-state index contributed by atoms with van der Waals surface area (Å²) in [6, 6.07) is 16.3. The zero-order valence-electron chi connectivity index (χ0n) is 14.6. The molecule has 1 amide bonds. The normalized spacial score (nSPS) is 17.0. The van der Waals surface area contributed by atoms with E-state index in [-0.39, 0.29) is 24.4 Å². The first-order valence-electron chi connectivity index (χ1n) is 8.45. The summed E-state index contributed by atoms with van der Waals surface area (Å²) in [6.07, 6.45) is 0.514. The summed E-state index contributed by atoms with van der Waals surface area (Å²) >= 11 is 0. The van der Waals surface area contributed by atoms with E-state index >= 15 is 0 Å². The van der Waals surface area contributed by atoms with Crippen molar-refractivity contribution in [2.45, 2.75) is 32.4 Å². The number of benzene rings is 2. The lowest BCUT2D eigenvalue weighted by Crippen LogP contribution is -2.43. The molecule has 25 heavy (non-hydrogen) atoms. The highest BCUT2D eigenvalue weighted by atomic mass is 35.5. The number of ether oxygens (including phenoxy) is 1. The molecule has 0 aromatic heterocycles. The van der Waals surface area contributed by atoms with Gasteiger partial charge in [0.25, 0.3) is 5.91 Å². The Morgan fingerprint density at radius 1 is 1.24 bits per heavy atom. The monoisotopic (exact) mass is 360 g/mol. The second-order valence-electron chi connectivity index (χ2n) is 6.27. The summed E-state index contributed by atoms with van der Waals surface area (Å²) in [5, 5.41) is 6.47. The van der Waals surface area contributed by atoms with Crippen LogP contribution in [0.1, 0.15) is 29.7 Å². The van der Waals surface area contributed by atoms with Crippen LogP contribution in [0.5, 0.6) is 5.75 Å². The maximum atomic E-state index is 12.3. The predicted molar refractivity (Wildman–Crippen MR) is 102 cm³/mol. The molecular weight excluding hydrogens is 336 g/mol. The smallest absolute Gasteiger partial charge is 0.260 e. The van der Waals surface area contributed by atoms with Crippen LogP contribution in [-0.2, 0) is 11.2 Å². The molecule has 2 aromatic rings. The summed E-state index contributed by atoms with van der Waals surface area (Å²) in [5.41, 5.74) is 3.80. The van der Waals surface area contributed by atoms with Crippen molar-refractivity contribution >= 4 is 18.3 Å². The summed E-state index contributed by atoms with van der Waals surface area (Å²) < 4.78 is 5.71. The SMILES string of the molecule is Cc1ccc(OC(C)C(=O)NCC2NCCc3ccccc32)cc1.Cl. The molecular formula is C20H25ClN2O2. The van der Waals surface area contributed by atoms with Crippen molar-refractivity contribution in [2.24, 2.45) is 0 Å². The Morgan fingerprint density at radius 3 is 2.72 bits per heavy atom. The molecule has 0 radical (unpaired) electrons. The molecule has 0 aliphatic carbocycles. The molecule has 1 aliphatic rings. The van der Waals surface area contributed by atoms with E-state index in [1.54, 1.807) is 6.92 Å². The molecule has 5 heteroatoms.